The van der Waals surface area contributed by atoms with E-state index in [0.29, 0.717) is 17.9 Å². The van der Waals surface area contributed by atoms with Gasteiger partial charge >= 0.3 is 5.97 Å². The molecule has 160 valence electrons. The van der Waals surface area contributed by atoms with Gasteiger partial charge in [0.05, 0.1) is 0 Å². The van der Waals surface area contributed by atoms with Crippen LogP contribution < -0.4 is 10.1 Å². The molecule has 1 aliphatic rings. The second-order valence-corrected chi connectivity index (χ2v) is 8.45. The van der Waals surface area contributed by atoms with Gasteiger partial charge in [0, 0.05) is 32.1 Å². The summed E-state index contributed by atoms with van der Waals surface area (Å²) < 4.78 is 11.1. The molecule has 0 saturated carbocycles. The van der Waals surface area contributed by atoms with Gasteiger partial charge in [-0.25, -0.2) is 4.79 Å². The molecule has 0 aliphatic carbocycles. The van der Waals surface area contributed by atoms with Crippen molar-refractivity contribution < 1.29 is 14.3 Å². The standard InChI is InChI=1S/C27H29NO3/c1-4-5-6-19-7-11-21(12-8-19)22-13-9-20(10-14-22)18-28-23-15-16-24-25(17-23)30-27(2,3)31-26(24)29/h7-17,28H,4-6,18H2,1-3H3. The van der Waals surface area contributed by atoms with Gasteiger partial charge in [0.1, 0.15) is 11.3 Å². The minimum Gasteiger partial charge on any atom is -0.452 e. The number of anilines is 1. The smallest absolute Gasteiger partial charge is 0.345 e. The van der Waals surface area contributed by atoms with E-state index < -0.39 is 5.79 Å². The number of ether oxygens (including phenoxy) is 2. The van der Waals surface area contributed by atoms with E-state index in [2.05, 4.69) is 60.8 Å². The second kappa shape index (κ2) is 8.84. The summed E-state index contributed by atoms with van der Waals surface area (Å²) in [4.78, 5) is 12.1. The molecule has 0 radical (unpaired) electrons. The maximum absolute atomic E-state index is 12.1. The van der Waals surface area contributed by atoms with E-state index in [1.165, 1.54) is 35.1 Å². The maximum atomic E-state index is 12.1. The molecule has 0 amide bonds. The van der Waals surface area contributed by atoms with Crippen molar-refractivity contribution in [2.24, 2.45) is 0 Å². The van der Waals surface area contributed by atoms with Crippen molar-refractivity contribution in [2.75, 3.05) is 5.32 Å². The molecule has 0 unspecified atom stereocenters. The Kier molecular flexibility index (Phi) is 5.99. The van der Waals surface area contributed by atoms with Crippen LogP contribution in [0.5, 0.6) is 5.75 Å². The highest BCUT2D eigenvalue weighted by molar-refractivity contribution is 5.94. The lowest BCUT2D eigenvalue weighted by Gasteiger charge is -2.31. The molecule has 4 heteroatoms. The maximum Gasteiger partial charge on any atom is 0.345 e. The van der Waals surface area contributed by atoms with Crippen molar-refractivity contribution in [3.8, 4) is 16.9 Å². The Balaban J connectivity index is 1.39. The van der Waals surface area contributed by atoms with Gasteiger partial charge in [-0.15, -0.1) is 0 Å². The molecule has 4 rings (SSSR count). The summed E-state index contributed by atoms with van der Waals surface area (Å²) >= 11 is 0. The van der Waals surface area contributed by atoms with Crippen molar-refractivity contribution in [3.05, 3.63) is 83.4 Å². The third-order valence-corrected chi connectivity index (χ3v) is 5.45. The average Bonchev–Trinajstić information content (AvgIpc) is 2.76. The van der Waals surface area contributed by atoms with Gasteiger partial charge in [0.15, 0.2) is 0 Å². The molecule has 0 atom stereocenters. The molecular formula is C27H29NO3. The molecular weight excluding hydrogens is 386 g/mol. The second-order valence-electron chi connectivity index (χ2n) is 8.45. The van der Waals surface area contributed by atoms with E-state index in [1.54, 1.807) is 19.9 Å². The predicted molar refractivity (Wildman–Crippen MR) is 124 cm³/mol. The normalized spacial score (nSPS) is 14.4. The molecule has 1 aliphatic heterocycles. The highest BCUT2D eigenvalue weighted by Crippen LogP contribution is 2.33. The predicted octanol–water partition coefficient (Wildman–Crippen LogP) is 6.59. The third kappa shape index (κ3) is 5.08. The zero-order chi connectivity index (χ0) is 21.8. The highest BCUT2D eigenvalue weighted by Gasteiger charge is 2.33. The molecule has 3 aromatic rings. The third-order valence-electron chi connectivity index (χ3n) is 5.45. The van der Waals surface area contributed by atoms with Gasteiger partial charge in [-0.05, 0) is 47.2 Å². The van der Waals surface area contributed by atoms with Crippen LogP contribution in [0.4, 0.5) is 5.69 Å². The largest absolute Gasteiger partial charge is 0.452 e. The van der Waals surface area contributed by atoms with Crippen molar-refractivity contribution in [3.63, 3.8) is 0 Å². The Labute approximate surface area is 184 Å². The zero-order valence-electron chi connectivity index (χ0n) is 18.4. The van der Waals surface area contributed by atoms with Crippen LogP contribution in [-0.4, -0.2) is 11.8 Å². The summed E-state index contributed by atoms with van der Waals surface area (Å²) in [7, 11) is 0. The van der Waals surface area contributed by atoms with Crippen LogP contribution in [0.2, 0.25) is 0 Å². The van der Waals surface area contributed by atoms with E-state index in [1.807, 2.05) is 12.1 Å². The van der Waals surface area contributed by atoms with Gasteiger partial charge in [-0.1, -0.05) is 61.9 Å². The number of carbonyl (C=O) groups excluding carboxylic acids is 1. The fraction of sp³-hybridized carbons (Fsp3) is 0.296. The van der Waals surface area contributed by atoms with Crippen LogP contribution in [0.15, 0.2) is 66.7 Å². The number of unbranched alkanes of at least 4 members (excludes halogenated alkanes) is 1. The molecule has 0 spiro atoms. The minimum absolute atomic E-state index is 0.355. The number of rotatable bonds is 7. The Morgan fingerprint density at radius 3 is 2.13 bits per heavy atom. The summed E-state index contributed by atoms with van der Waals surface area (Å²) in [5, 5.41) is 3.41. The number of nitrogens with one attached hydrogen (secondary N) is 1. The molecule has 0 aromatic heterocycles. The molecule has 0 fully saturated rings. The number of esters is 1. The first-order valence-electron chi connectivity index (χ1n) is 10.9. The number of hydrogen-bond donors (Lipinski definition) is 1. The molecule has 4 nitrogen and oxygen atoms in total. The average molecular weight is 416 g/mol. The summed E-state index contributed by atoms with van der Waals surface area (Å²) in [6, 6.07) is 22.9. The number of aryl methyl sites for hydroxylation is 1. The lowest BCUT2D eigenvalue weighted by Crippen LogP contribution is -2.38. The first-order chi connectivity index (χ1) is 14.9. The molecule has 0 bridgehead atoms. The summed E-state index contributed by atoms with van der Waals surface area (Å²) in [6.45, 7) is 6.37. The van der Waals surface area contributed by atoms with Crippen molar-refractivity contribution in [1.82, 2.24) is 0 Å². The summed E-state index contributed by atoms with van der Waals surface area (Å²) in [5.74, 6) is -0.761. The van der Waals surface area contributed by atoms with Crippen molar-refractivity contribution >= 4 is 11.7 Å². The van der Waals surface area contributed by atoms with E-state index >= 15 is 0 Å². The number of fused-ring (bicyclic) bond motifs is 1. The fourth-order valence-corrected chi connectivity index (χ4v) is 3.71. The van der Waals surface area contributed by atoms with Gasteiger partial charge in [0.25, 0.3) is 0 Å². The SMILES string of the molecule is CCCCc1ccc(-c2ccc(CNc3ccc4c(c3)OC(C)(C)OC4=O)cc2)cc1. The van der Waals surface area contributed by atoms with Crippen LogP contribution in [0.1, 0.15) is 55.1 Å². The van der Waals surface area contributed by atoms with Gasteiger partial charge in [0.2, 0.25) is 5.79 Å². The Bertz CT molecular complexity index is 1050. The van der Waals surface area contributed by atoms with Crippen molar-refractivity contribution in [2.45, 2.75) is 52.4 Å². The topological polar surface area (TPSA) is 47.6 Å². The molecule has 1 heterocycles. The van der Waals surface area contributed by atoms with Gasteiger partial charge < -0.3 is 14.8 Å². The number of hydrogen-bond acceptors (Lipinski definition) is 4. The number of benzene rings is 3. The quantitative estimate of drug-likeness (QED) is 0.442. The van der Waals surface area contributed by atoms with Gasteiger partial charge in [-0.3, -0.25) is 0 Å². The van der Waals surface area contributed by atoms with E-state index in [4.69, 9.17) is 9.47 Å². The Morgan fingerprint density at radius 2 is 1.48 bits per heavy atom. The number of carbonyl (C=O) groups is 1. The number of cyclic esters (lactones) is 1. The lowest BCUT2D eigenvalue weighted by atomic mass is 10.0. The molecule has 0 saturated heterocycles. The first-order valence-corrected chi connectivity index (χ1v) is 10.9. The van der Waals surface area contributed by atoms with Crippen LogP contribution in [0.25, 0.3) is 11.1 Å². The highest BCUT2D eigenvalue weighted by atomic mass is 16.7. The Hall–Kier alpha value is -3.27. The zero-order valence-corrected chi connectivity index (χ0v) is 18.4. The van der Waals surface area contributed by atoms with Crippen LogP contribution in [0.3, 0.4) is 0 Å². The van der Waals surface area contributed by atoms with Crippen molar-refractivity contribution in [1.29, 1.82) is 0 Å². The minimum atomic E-state index is -0.952. The van der Waals surface area contributed by atoms with Gasteiger partial charge in [-0.2, -0.15) is 0 Å². The lowest BCUT2D eigenvalue weighted by molar-refractivity contribution is -0.127. The monoisotopic (exact) mass is 415 g/mol. The van der Waals surface area contributed by atoms with E-state index in [-0.39, 0.29) is 5.97 Å². The fourth-order valence-electron chi connectivity index (χ4n) is 3.71. The van der Waals surface area contributed by atoms with Crippen LogP contribution in [0, 0.1) is 0 Å². The first kappa shape index (κ1) is 21.0. The molecule has 31 heavy (non-hydrogen) atoms. The Morgan fingerprint density at radius 1 is 0.839 bits per heavy atom. The molecule has 1 N–H and O–H groups in total. The van der Waals surface area contributed by atoms with E-state index in [9.17, 15) is 4.79 Å². The summed E-state index contributed by atoms with van der Waals surface area (Å²) in [6.07, 6.45) is 3.60. The summed E-state index contributed by atoms with van der Waals surface area (Å²) in [5.41, 5.74) is 6.39. The molecule has 3 aromatic carbocycles. The van der Waals surface area contributed by atoms with E-state index in [0.717, 1.165) is 12.1 Å². The van der Waals surface area contributed by atoms with Crippen LogP contribution in [-0.2, 0) is 17.7 Å². The van der Waals surface area contributed by atoms with Crippen LogP contribution >= 0.6 is 0 Å².